The minimum absolute atomic E-state index is 0.0628. The minimum atomic E-state index is -3.78. The molecule has 0 atom stereocenters. The second kappa shape index (κ2) is 4.16. The molecular weight excluding hydrogens is 260 g/mol. The lowest BCUT2D eigenvalue weighted by Crippen LogP contribution is -2.05. The van der Waals surface area contributed by atoms with E-state index in [-0.39, 0.29) is 4.90 Å². The predicted octanol–water partition coefficient (Wildman–Crippen LogP) is 2.42. The maximum absolute atomic E-state index is 11.5. The van der Waals surface area contributed by atoms with Crippen molar-refractivity contribution in [1.29, 1.82) is 0 Å². The van der Waals surface area contributed by atoms with Crippen LogP contribution in [-0.2, 0) is 9.05 Å². The molecule has 1 heterocycles. The van der Waals surface area contributed by atoms with Crippen molar-refractivity contribution < 1.29 is 8.42 Å². The Balaban J connectivity index is 2.73. The van der Waals surface area contributed by atoms with Crippen LogP contribution >= 0.6 is 10.7 Å². The molecule has 6 heteroatoms. The average Bonchev–Trinajstić information content (AvgIpc) is 2.56. The van der Waals surface area contributed by atoms with Crippen LogP contribution in [-0.4, -0.2) is 18.2 Å². The first-order chi connectivity index (χ1) is 7.89. The molecule has 2 rings (SSSR count). The van der Waals surface area contributed by atoms with Gasteiger partial charge in [-0.15, -0.1) is 0 Å². The van der Waals surface area contributed by atoms with Gasteiger partial charge in [0.25, 0.3) is 9.05 Å². The van der Waals surface area contributed by atoms with Crippen molar-refractivity contribution in [1.82, 2.24) is 9.78 Å². The third-order valence-corrected chi connectivity index (χ3v) is 3.74. The van der Waals surface area contributed by atoms with E-state index >= 15 is 0 Å². The van der Waals surface area contributed by atoms with Crippen molar-refractivity contribution in [3.63, 3.8) is 0 Å². The fraction of sp³-hybridized carbons (Fsp3) is 0.182. The summed E-state index contributed by atoms with van der Waals surface area (Å²) in [5.74, 6) is 0. The largest absolute Gasteiger partial charge is 0.263 e. The molecule has 0 bridgehead atoms. The SMILES string of the molecule is Cc1cc(C)n(-c2ccccc2S(=O)(=O)Cl)n1. The van der Waals surface area contributed by atoms with Crippen LogP contribution in [0.5, 0.6) is 0 Å². The van der Waals surface area contributed by atoms with E-state index in [1.165, 1.54) is 6.07 Å². The maximum atomic E-state index is 11.5. The third-order valence-electron chi connectivity index (χ3n) is 2.37. The number of hydrogen-bond acceptors (Lipinski definition) is 3. The van der Waals surface area contributed by atoms with Gasteiger partial charge in [-0.3, -0.25) is 0 Å². The van der Waals surface area contributed by atoms with Gasteiger partial charge in [0.2, 0.25) is 0 Å². The normalized spacial score (nSPS) is 11.7. The zero-order chi connectivity index (χ0) is 12.6. The van der Waals surface area contributed by atoms with Gasteiger partial charge in [-0.05, 0) is 32.0 Å². The zero-order valence-electron chi connectivity index (χ0n) is 9.38. The predicted molar refractivity (Wildman–Crippen MR) is 66.1 cm³/mol. The molecule has 0 saturated heterocycles. The molecule has 17 heavy (non-hydrogen) atoms. The molecule has 0 aliphatic rings. The molecule has 4 nitrogen and oxygen atoms in total. The Morgan fingerprint density at radius 2 is 1.88 bits per heavy atom. The summed E-state index contributed by atoms with van der Waals surface area (Å²) in [6, 6.07) is 8.39. The molecule has 1 aromatic carbocycles. The third kappa shape index (κ3) is 2.35. The highest BCUT2D eigenvalue weighted by Gasteiger charge is 2.17. The molecule has 0 N–H and O–H groups in total. The first kappa shape index (κ1) is 12.1. The molecule has 0 fully saturated rings. The number of para-hydroxylation sites is 1. The van der Waals surface area contributed by atoms with Crippen LogP contribution in [0, 0.1) is 13.8 Å². The standard InChI is InChI=1S/C11H11ClN2O2S/c1-8-7-9(2)14(13-8)10-5-3-4-6-11(10)17(12,15)16/h3-7H,1-2H3. The average molecular weight is 271 g/mol. The summed E-state index contributed by atoms with van der Waals surface area (Å²) >= 11 is 0. The van der Waals surface area contributed by atoms with E-state index in [0.29, 0.717) is 5.69 Å². The van der Waals surface area contributed by atoms with Crippen LogP contribution in [0.3, 0.4) is 0 Å². The number of benzene rings is 1. The van der Waals surface area contributed by atoms with Crippen LogP contribution in [0.1, 0.15) is 11.4 Å². The van der Waals surface area contributed by atoms with E-state index in [9.17, 15) is 8.42 Å². The molecule has 0 aliphatic heterocycles. The first-order valence-corrected chi connectivity index (χ1v) is 7.28. The van der Waals surface area contributed by atoms with Crippen molar-refractivity contribution in [3.8, 4) is 5.69 Å². The van der Waals surface area contributed by atoms with Crippen LogP contribution < -0.4 is 0 Å². The highest BCUT2D eigenvalue weighted by molar-refractivity contribution is 8.13. The van der Waals surface area contributed by atoms with E-state index in [4.69, 9.17) is 10.7 Å². The Bertz CT molecular complexity index is 662. The topological polar surface area (TPSA) is 52.0 Å². The van der Waals surface area contributed by atoms with Crippen molar-refractivity contribution in [2.45, 2.75) is 18.7 Å². The van der Waals surface area contributed by atoms with Crippen molar-refractivity contribution in [2.24, 2.45) is 0 Å². The number of rotatable bonds is 2. The summed E-state index contributed by atoms with van der Waals surface area (Å²) in [6.07, 6.45) is 0. The van der Waals surface area contributed by atoms with Gasteiger partial charge in [0.15, 0.2) is 0 Å². The number of halogens is 1. The Morgan fingerprint density at radius 1 is 1.24 bits per heavy atom. The highest BCUT2D eigenvalue weighted by Crippen LogP contribution is 2.24. The molecule has 0 radical (unpaired) electrons. The van der Waals surface area contributed by atoms with E-state index in [0.717, 1.165) is 11.4 Å². The number of nitrogens with zero attached hydrogens (tertiary/aromatic N) is 2. The fourth-order valence-electron chi connectivity index (χ4n) is 1.71. The molecule has 2 aromatic rings. The first-order valence-electron chi connectivity index (χ1n) is 4.97. The van der Waals surface area contributed by atoms with E-state index in [2.05, 4.69) is 5.10 Å². The van der Waals surface area contributed by atoms with Gasteiger partial charge in [-0.1, -0.05) is 12.1 Å². The van der Waals surface area contributed by atoms with Crippen molar-refractivity contribution in [3.05, 3.63) is 41.7 Å². The lowest BCUT2D eigenvalue weighted by molar-refractivity contribution is 0.608. The molecule has 0 unspecified atom stereocenters. The van der Waals surface area contributed by atoms with Crippen LogP contribution in [0.4, 0.5) is 0 Å². The fourth-order valence-corrected chi connectivity index (χ4v) is 2.75. The summed E-state index contributed by atoms with van der Waals surface area (Å²) in [5.41, 5.74) is 2.15. The zero-order valence-corrected chi connectivity index (χ0v) is 11.0. The lowest BCUT2D eigenvalue weighted by Gasteiger charge is -2.08. The lowest BCUT2D eigenvalue weighted by atomic mass is 10.3. The molecule has 1 aromatic heterocycles. The summed E-state index contributed by atoms with van der Waals surface area (Å²) in [6.45, 7) is 3.71. The van der Waals surface area contributed by atoms with Gasteiger partial charge >= 0.3 is 0 Å². The molecule has 0 saturated carbocycles. The molecule has 0 spiro atoms. The van der Waals surface area contributed by atoms with E-state index < -0.39 is 9.05 Å². The van der Waals surface area contributed by atoms with Crippen molar-refractivity contribution in [2.75, 3.05) is 0 Å². The van der Waals surface area contributed by atoms with Gasteiger partial charge in [0, 0.05) is 16.4 Å². The monoisotopic (exact) mass is 270 g/mol. The van der Waals surface area contributed by atoms with Crippen LogP contribution in [0.2, 0.25) is 0 Å². The van der Waals surface area contributed by atoms with Crippen LogP contribution in [0.15, 0.2) is 35.2 Å². The van der Waals surface area contributed by atoms with E-state index in [1.54, 1.807) is 22.9 Å². The number of hydrogen-bond donors (Lipinski definition) is 0. The maximum Gasteiger partial charge on any atom is 0.263 e. The Hall–Kier alpha value is -1.33. The van der Waals surface area contributed by atoms with Gasteiger partial charge < -0.3 is 0 Å². The van der Waals surface area contributed by atoms with Gasteiger partial charge in [0.05, 0.1) is 11.4 Å². The van der Waals surface area contributed by atoms with E-state index in [1.807, 2.05) is 19.9 Å². The molecule has 0 aliphatic carbocycles. The smallest absolute Gasteiger partial charge is 0.236 e. The van der Waals surface area contributed by atoms with Gasteiger partial charge in [0.1, 0.15) is 4.90 Å². The molecule has 90 valence electrons. The summed E-state index contributed by atoms with van der Waals surface area (Å²) in [7, 11) is 1.63. The second-order valence-corrected chi connectivity index (χ2v) is 6.28. The van der Waals surface area contributed by atoms with Crippen molar-refractivity contribution >= 4 is 19.7 Å². The molecule has 0 amide bonds. The summed E-state index contributed by atoms with van der Waals surface area (Å²) in [4.78, 5) is 0.0628. The van der Waals surface area contributed by atoms with Gasteiger partial charge in [-0.2, -0.15) is 5.10 Å². The summed E-state index contributed by atoms with van der Waals surface area (Å²) in [5, 5.41) is 4.25. The molecular formula is C11H11ClN2O2S. The number of aromatic nitrogens is 2. The quantitative estimate of drug-likeness (QED) is 0.788. The minimum Gasteiger partial charge on any atom is -0.236 e. The van der Waals surface area contributed by atoms with Gasteiger partial charge in [-0.25, -0.2) is 13.1 Å². The number of aryl methyl sites for hydroxylation is 2. The van der Waals surface area contributed by atoms with Crippen LogP contribution in [0.25, 0.3) is 5.69 Å². The Labute approximate surface area is 104 Å². The second-order valence-electron chi connectivity index (χ2n) is 3.74. The Morgan fingerprint density at radius 3 is 2.41 bits per heavy atom. The summed E-state index contributed by atoms with van der Waals surface area (Å²) < 4.78 is 24.5. The Kier molecular flexibility index (Phi) is 2.97. The highest BCUT2D eigenvalue weighted by atomic mass is 35.7.